The van der Waals surface area contributed by atoms with Gasteiger partial charge in [0.15, 0.2) is 0 Å². The molecule has 1 heterocycles. The molecule has 156 valence electrons. The Balaban J connectivity index is 0.00000150. The van der Waals surface area contributed by atoms with Gasteiger partial charge in [0.25, 0.3) is 0 Å². The Labute approximate surface area is 192 Å². The monoisotopic (exact) mass is 450 g/mol. The van der Waals surface area contributed by atoms with Crippen molar-refractivity contribution in [3.05, 3.63) is 95.1 Å². The molecule has 1 fully saturated rings. The molecule has 1 aliphatic carbocycles. The first-order chi connectivity index (χ1) is 13.2. The van der Waals surface area contributed by atoms with Crippen LogP contribution in [-0.2, 0) is 12.0 Å². The topological polar surface area (TPSA) is 6.48 Å². The minimum absolute atomic E-state index is 0. The van der Waals surface area contributed by atoms with E-state index in [0.717, 1.165) is 50.7 Å². The predicted molar refractivity (Wildman–Crippen MR) is 129 cm³/mol. The Bertz CT molecular complexity index is 797. The van der Waals surface area contributed by atoms with E-state index >= 15 is 0 Å². The summed E-state index contributed by atoms with van der Waals surface area (Å²) < 4.78 is 0. The van der Waals surface area contributed by atoms with Crippen LogP contribution in [0.1, 0.15) is 17.5 Å². The molecule has 1 saturated heterocycles. The van der Waals surface area contributed by atoms with Crippen LogP contribution in [0.25, 0.3) is 0 Å². The van der Waals surface area contributed by atoms with E-state index in [1.54, 1.807) is 0 Å². The van der Waals surface area contributed by atoms with E-state index in [4.69, 9.17) is 11.6 Å². The molecule has 2 aromatic rings. The van der Waals surface area contributed by atoms with Crippen molar-refractivity contribution >= 4 is 36.4 Å². The summed E-state index contributed by atoms with van der Waals surface area (Å²) in [6.07, 6.45) is 10.1. The first kappa shape index (κ1) is 24.0. The van der Waals surface area contributed by atoms with Crippen molar-refractivity contribution < 1.29 is 0 Å². The Morgan fingerprint density at radius 1 is 0.793 bits per heavy atom. The Hall–Kier alpha value is -1.29. The summed E-state index contributed by atoms with van der Waals surface area (Å²) in [6.45, 7) is 6.63. The fourth-order valence-corrected chi connectivity index (χ4v) is 4.34. The quantitative estimate of drug-likeness (QED) is 0.570. The van der Waals surface area contributed by atoms with Crippen LogP contribution in [0.4, 0.5) is 0 Å². The van der Waals surface area contributed by atoms with Crippen molar-refractivity contribution in [3.8, 4) is 0 Å². The molecule has 2 nitrogen and oxygen atoms in total. The van der Waals surface area contributed by atoms with Crippen molar-refractivity contribution in [2.75, 3.05) is 32.7 Å². The predicted octanol–water partition coefficient (Wildman–Crippen LogP) is 5.76. The highest BCUT2D eigenvalue weighted by Crippen LogP contribution is 2.34. The highest BCUT2D eigenvalue weighted by Gasteiger charge is 2.32. The summed E-state index contributed by atoms with van der Waals surface area (Å²) in [6, 6.07) is 19.2. The molecule has 0 N–H and O–H groups in total. The molecular formula is C24H29Cl3N2. The third kappa shape index (κ3) is 6.10. The largest absolute Gasteiger partial charge is 0.300 e. The van der Waals surface area contributed by atoms with Gasteiger partial charge in [-0.25, -0.2) is 0 Å². The molecule has 2 aromatic carbocycles. The Morgan fingerprint density at radius 2 is 1.45 bits per heavy atom. The molecule has 0 bridgehead atoms. The lowest BCUT2D eigenvalue weighted by atomic mass is 9.75. The van der Waals surface area contributed by atoms with Gasteiger partial charge in [0.1, 0.15) is 0 Å². The molecule has 0 radical (unpaired) electrons. The lowest BCUT2D eigenvalue weighted by Gasteiger charge is -2.41. The lowest BCUT2D eigenvalue weighted by Crippen LogP contribution is -2.50. The average molecular weight is 452 g/mol. The van der Waals surface area contributed by atoms with E-state index in [9.17, 15) is 0 Å². The van der Waals surface area contributed by atoms with Gasteiger partial charge in [0.05, 0.1) is 0 Å². The molecule has 1 atom stereocenters. The molecular weight excluding hydrogens is 423 g/mol. The lowest BCUT2D eigenvalue weighted by molar-refractivity contribution is 0.112. The SMILES string of the molecule is Cl.Cl.Clc1ccc([C@]2(CN3CCN(Cc4ccccc4)CC3)C=CC=CC2)cc1. The second kappa shape index (κ2) is 11.2. The van der Waals surface area contributed by atoms with Crippen LogP contribution < -0.4 is 0 Å². The average Bonchev–Trinajstić information content (AvgIpc) is 2.71. The summed E-state index contributed by atoms with van der Waals surface area (Å²) in [5.41, 5.74) is 2.82. The standard InChI is InChI=1S/C24H27ClN2.2ClH/c25-23-11-9-22(10-12-23)24(13-5-2-6-14-24)20-27-17-15-26(16-18-27)19-21-7-3-1-4-8-21;;/h1-13H,14-20H2;2*1H/t24-;;/m1../s1. The fraction of sp³-hybridized carbons (Fsp3) is 0.333. The van der Waals surface area contributed by atoms with Crippen LogP contribution in [0, 0.1) is 0 Å². The van der Waals surface area contributed by atoms with Crippen molar-refractivity contribution in [3.63, 3.8) is 0 Å². The maximum absolute atomic E-state index is 6.12. The maximum Gasteiger partial charge on any atom is 0.0406 e. The smallest absolute Gasteiger partial charge is 0.0406 e. The van der Waals surface area contributed by atoms with Crippen molar-refractivity contribution in [2.45, 2.75) is 18.4 Å². The van der Waals surface area contributed by atoms with Gasteiger partial charge in [-0.1, -0.05) is 78.4 Å². The maximum atomic E-state index is 6.12. The summed E-state index contributed by atoms with van der Waals surface area (Å²) in [7, 11) is 0. The van der Waals surface area contributed by atoms with E-state index in [1.165, 1.54) is 11.1 Å². The summed E-state index contributed by atoms with van der Waals surface area (Å²) in [5.74, 6) is 0. The molecule has 0 spiro atoms. The molecule has 5 heteroatoms. The Morgan fingerprint density at radius 3 is 2.07 bits per heavy atom. The van der Waals surface area contributed by atoms with Gasteiger partial charge >= 0.3 is 0 Å². The molecule has 4 rings (SSSR count). The third-order valence-electron chi connectivity index (χ3n) is 5.78. The number of hydrogen-bond donors (Lipinski definition) is 0. The molecule has 0 unspecified atom stereocenters. The first-order valence-electron chi connectivity index (χ1n) is 9.83. The molecule has 2 aliphatic rings. The van der Waals surface area contributed by atoms with Crippen molar-refractivity contribution in [2.24, 2.45) is 0 Å². The van der Waals surface area contributed by atoms with E-state index in [-0.39, 0.29) is 30.2 Å². The van der Waals surface area contributed by atoms with Crippen LogP contribution in [0.3, 0.4) is 0 Å². The first-order valence-corrected chi connectivity index (χ1v) is 10.2. The van der Waals surface area contributed by atoms with Gasteiger partial charge in [0, 0.05) is 49.7 Å². The van der Waals surface area contributed by atoms with E-state index in [2.05, 4.69) is 76.6 Å². The number of halogens is 3. The number of nitrogens with zero attached hydrogens (tertiary/aromatic N) is 2. The highest BCUT2D eigenvalue weighted by molar-refractivity contribution is 6.30. The minimum Gasteiger partial charge on any atom is -0.300 e. The van der Waals surface area contributed by atoms with Gasteiger partial charge in [-0.2, -0.15) is 0 Å². The fourth-order valence-electron chi connectivity index (χ4n) is 4.22. The zero-order valence-corrected chi connectivity index (χ0v) is 18.9. The number of piperazine rings is 1. The van der Waals surface area contributed by atoms with Gasteiger partial charge in [-0.15, -0.1) is 24.8 Å². The molecule has 29 heavy (non-hydrogen) atoms. The summed E-state index contributed by atoms with van der Waals surface area (Å²) >= 11 is 6.12. The zero-order chi connectivity index (χ0) is 18.5. The van der Waals surface area contributed by atoms with Gasteiger partial charge in [-0.3, -0.25) is 9.80 Å². The number of rotatable bonds is 5. The van der Waals surface area contributed by atoms with Crippen LogP contribution in [0.2, 0.25) is 5.02 Å². The summed E-state index contributed by atoms with van der Waals surface area (Å²) in [5, 5.41) is 0.804. The number of hydrogen-bond acceptors (Lipinski definition) is 2. The van der Waals surface area contributed by atoms with Crippen LogP contribution >= 0.6 is 36.4 Å². The molecule has 1 aliphatic heterocycles. The van der Waals surface area contributed by atoms with Crippen LogP contribution in [0.5, 0.6) is 0 Å². The molecule has 0 aromatic heterocycles. The summed E-state index contributed by atoms with van der Waals surface area (Å²) in [4.78, 5) is 5.19. The number of benzene rings is 2. The van der Waals surface area contributed by atoms with Crippen molar-refractivity contribution in [1.29, 1.82) is 0 Å². The molecule has 0 saturated carbocycles. The normalized spacial score (nSPS) is 22.0. The minimum atomic E-state index is 0. The Kier molecular flexibility index (Phi) is 9.26. The van der Waals surface area contributed by atoms with Crippen LogP contribution in [-0.4, -0.2) is 42.5 Å². The van der Waals surface area contributed by atoms with Gasteiger partial charge in [0.2, 0.25) is 0 Å². The molecule has 0 amide bonds. The second-order valence-corrected chi connectivity index (χ2v) is 8.13. The van der Waals surface area contributed by atoms with Crippen LogP contribution in [0.15, 0.2) is 78.9 Å². The van der Waals surface area contributed by atoms with Gasteiger partial charge in [-0.05, 0) is 29.7 Å². The zero-order valence-electron chi connectivity index (χ0n) is 16.5. The van der Waals surface area contributed by atoms with E-state index in [0.29, 0.717) is 0 Å². The van der Waals surface area contributed by atoms with E-state index in [1.807, 2.05) is 12.1 Å². The van der Waals surface area contributed by atoms with E-state index < -0.39 is 0 Å². The second-order valence-electron chi connectivity index (χ2n) is 7.69. The van der Waals surface area contributed by atoms with Crippen molar-refractivity contribution in [1.82, 2.24) is 9.80 Å². The van der Waals surface area contributed by atoms with Gasteiger partial charge < -0.3 is 0 Å². The third-order valence-corrected chi connectivity index (χ3v) is 6.04. The highest BCUT2D eigenvalue weighted by atomic mass is 35.5. The number of allylic oxidation sites excluding steroid dienone is 3.